The molecular formula is C13H16N4O. The number of nitrogens with one attached hydrogen (secondary N) is 1. The maximum Gasteiger partial charge on any atom is 0.122 e. The van der Waals surface area contributed by atoms with E-state index in [4.69, 9.17) is 17.2 Å². The van der Waals surface area contributed by atoms with Gasteiger partial charge in [0.2, 0.25) is 0 Å². The molecule has 0 amide bonds. The fraction of sp³-hybridized carbons (Fsp3) is 0.0769. The predicted molar refractivity (Wildman–Crippen MR) is 75.1 cm³/mol. The zero-order valence-corrected chi connectivity index (χ0v) is 9.85. The second-order valence-corrected chi connectivity index (χ2v) is 4.04. The van der Waals surface area contributed by atoms with Crippen molar-refractivity contribution >= 4 is 22.7 Å². The van der Waals surface area contributed by atoms with Crippen molar-refractivity contribution in [2.75, 3.05) is 22.5 Å². The first kappa shape index (κ1) is 11.9. The standard InChI is InChI=1S/C13H16N4O/c14-10-2-1-3-13(18)9(10)7-17-8-4-5-11(15)12(16)6-8/h1-6,17-18H,7,14-16H2. The van der Waals surface area contributed by atoms with Crippen molar-refractivity contribution in [3.05, 3.63) is 42.0 Å². The van der Waals surface area contributed by atoms with Gasteiger partial charge >= 0.3 is 0 Å². The Morgan fingerprint density at radius 3 is 2.39 bits per heavy atom. The van der Waals surface area contributed by atoms with Crippen molar-refractivity contribution in [1.82, 2.24) is 0 Å². The lowest BCUT2D eigenvalue weighted by Crippen LogP contribution is -2.04. The molecule has 0 bridgehead atoms. The second kappa shape index (κ2) is 4.75. The van der Waals surface area contributed by atoms with Gasteiger partial charge in [0, 0.05) is 23.5 Å². The Balaban J connectivity index is 2.14. The van der Waals surface area contributed by atoms with Crippen LogP contribution in [0, 0.1) is 0 Å². The molecule has 0 radical (unpaired) electrons. The van der Waals surface area contributed by atoms with Gasteiger partial charge in [-0.05, 0) is 30.3 Å². The number of nitrogen functional groups attached to an aromatic ring is 3. The lowest BCUT2D eigenvalue weighted by atomic mass is 10.1. The minimum absolute atomic E-state index is 0.172. The van der Waals surface area contributed by atoms with Crippen LogP contribution >= 0.6 is 0 Å². The molecule has 0 spiro atoms. The number of rotatable bonds is 3. The van der Waals surface area contributed by atoms with Crippen molar-refractivity contribution in [2.45, 2.75) is 6.54 Å². The van der Waals surface area contributed by atoms with Crippen LogP contribution in [-0.2, 0) is 6.54 Å². The van der Waals surface area contributed by atoms with Gasteiger partial charge in [-0.15, -0.1) is 0 Å². The first-order chi connectivity index (χ1) is 8.58. The Labute approximate surface area is 105 Å². The van der Waals surface area contributed by atoms with Crippen LogP contribution in [0.15, 0.2) is 36.4 Å². The van der Waals surface area contributed by atoms with Gasteiger partial charge < -0.3 is 27.6 Å². The number of benzene rings is 2. The molecule has 8 N–H and O–H groups in total. The summed E-state index contributed by atoms with van der Waals surface area (Å²) in [6.45, 7) is 0.419. The predicted octanol–water partition coefficient (Wildman–Crippen LogP) is 1.75. The molecule has 0 fully saturated rings. The number of hydrogen-bond acceptors (Lipinski definition) is 5. The van der Waals surface area contributed by atoms with E-state index in [1.165, 1.54) is 0 Å². The molecule has 2 aromatic carbocycles. The van der Waals surface area contributed by atoms with E-state index in [-0.39, 0.29) is 5.75 Å². The molecule has 0 atom stereocenters. The molecule has 0 aliphatic rings. The van der Waals surface area contributed by atoms with Crippen LogP contribution in [-0.4, -0.2) is 5.11 Å². The molecule has 0 aliphatic carbocycles. The average Bonchev–Trinajstić information content (AvgIpc) is 2.33. The van der Waals surface area contributed by atoms with Crippen molar-refractivity contribution in [1.29, 1.82) is 0 Å². The molecule has 5 heteroatoms. The number of phenolic OH excluding ortho intramolecular Hbond substituents is 1. The molecule has 2 rings (SSSR count). The zero-order chi connectivity index (χ0) is 13.1. The van der Waals surface area contributed by atoms with Crippen molar-refractivity contribution in [3.8, 4) is 5.75 Å². The molecule has 0 aromatic heterocycles. The minimum atomic E-state index is 0.172. The lowest BCUT2D eigenvalue weighted by molar-refractivity contribution is 0.469. The molecule has 0 aliphatic heterocycles. The van der Waals surface area contributed by atoms with E-state index in [0.29, 0.717) is 29.2 Å². The summed E-state index contributed by atoms with van der Waals surface area (Å²) >= 11 is 0. The van der Waals surface area contributed by atoms with Gasteiger partial charge in [0.25, 0.3) is 0 Å². The highest BCUT2D eigenvalue weighted by molar-refractivity contribution is 5.69. The van der Waals surface area contributed by atoms with Crippen LogP contribution in [0.25, 0.3) is 0 Å². The van der Waals surface area contributed by atoms with Crippen molar-refractivity contribution in [3.63, 3.8) is 0 Å². The largest absolute Gasteiger partial charge is 0.508 e. The third kappa shape index (κ3) is 2.40. The zero-order valence-electron chi connectivity index (χ0n) is 9.85. The summed E-state index contributed by atoms with van der Waals surface area (Å²) in [7, 11) is 0. The molecule has 0 saturated carbocycles. The smallest absolute Gasteiger partial charge is 0.122 e. The fourth-order valence-corrected chi connectivity index (χ4v) is 1.66. The average molecular weight is 244 g/mol. The Bertz CT molecular complexity index is 549. The van der Waals surface area contributed by atoms with Gasteiger partial charge in [-0.2, -0.15) is 0 Å². The van der Waals surface area contributed by atoms with Gasteiger partial charge in [0.05, 0.1) is 11.4 Å². The number of phenols is 1. The van der Waals surface area contributed by atoms with Crippen LogP contribution in [0.1, 0.15) is 5.56 Å². The summed E-state index contributed by atoms with van der Waals surface area (Å²) in [6.07, 6.45) is 0. The number of hydrogen-bond donors (Lipinski definition) is 5. The topological polar surface area (TPSA) is 110 Å². The highest BCUT2D eigenvalue weighted by Crippen LogP contribution is 2.25. The molecule has 5 nitrogen and oxygen atoms in total. The van der Waals surface area contributed by atoms with Crippen LogP contribution < -0.4 is 22.5 Å². The molecule has 18 heavy (non-hydrogen) atoms. The van der Waals surface area contributed by atoms with E-state index < -0.39 is 0 Å². The Morgan fingerprint density at radius 2 is 1.72 bits per heavy atom. The molecule has 0 unspecified atom stereocenters. The number of nitrogens with two attached hydrogens (primary N) is 3. The summed E-state index contributed by atoms with van der Waals surface area (Å²) in [5.74, 6) is 0.172. The van der Waals surface area contributed by atoms with Gasteiger partial charge in [-0.25, -0.2) is 0 Å². The molecule has 94 valence electrons. The summed E-state index contributed by atoms with van der Waals surface area (Å²) in [6, 6.07) is 10.3. The maximum absolute atomic E-state index is 9.70. The highest BCUT2D eigenvalue weighted by atomic mass is 16.3. The van der Waals surface area contributed by atoms with Crippen LogP contribution in [0.4, 0.5) is 22.7 Å². The monoisotopic (exact) mass is 244 g/mol. The van der Waals surface area contributed by atoms with Crippen LogP contribution in [0.2, 0.25) is 0 Å². The Hall–Kier alpha value is -2.56. The van der Waals surface area contributed by atoms with E-state index in [2.05, 4.69) is 5.32 Å². The van der Waals surface area contributed by atoms with E-state index in [0.717, 1.165) is 5.69 Å². The third-order valence-corrected chi connectivity index (χ3v) is 2.74. The lowest BCUT2D eigenvalue weighted by Gasteiger charge is -2.11. The minimum Gasteiger partial charge on any atom is -0.508 e. The second-order valence-electron chi connectivity index (χ2n) is 4.04. The SMILES string of the molecule is Nc1ccc(NCc2c(N)cccc2O)cc1N. The molecule has 2 aromatic rings. The van der Waals surface area contributed by atoms with E-state index in [9.17, 15) is 5.11 Å². The Kier molecular flexibility index (Phi) is 3.14. The number of anilines is 4. The van der Waals surface area contributed by atoms with Gasteiger partial charge in [-0.3, -0.25) is 0 Å². The van der Waals surface area contributed by atoms with E-state index in [1.54, 1.807) is 30.3 Å². The first-order valence-corrected chi connectivity index (χ1v) is 5.53. The van der Waals surface area contributed by atoms with Gasteiger partial charge in [0.1, 0.15) is 5.75 Å². The quantitative estimate of drug-likeness (QED) is 0.528. The van der Waals surface area contributed by atoms with Crippen molar-refractivity contribution < 1.29 is 5.11 Å². The summed E-state index contributed by atoms with van der Waals surface area (Å²) in [4.78, 5) is 0. The molecule has 0 heterocycles. The summed E-state index contributed by atoms with van der Waals surface area (Å²) in [5, 5.41) is 12.8. The maximum atomic E-state index is 9.70. The number of aromatic hydroxyl groups is 1. The van der Waals surface area contributed by atoms with Crippen molar-refractivity contribution in [2.24, 2.45) is 0 Å². The van der Waals surface area contributed by atoms with Crippen LogP contribution in [0.3, 0.4) is 0 Å². The fourth-order valence-electron chi connectivity index (χ4n) is 1.66. The normalized spacial score (nSPS) is 10.2. The van der Waals surface area contributed by atoms with Gasteiger partial charge in [-0.1, -0.05) is 6.07 Å². The first-order valence-electron chi connectivity index (χ1n) is 5.53. The summed E-state index contributed by atoms with van der Waals surface area (Å²) in [5.41, 5.74) is 20.2. The van der Waals surface area contributed by atoms with Gasteiger partial charge in [0.15, 0.2) is 0 Å². The van der Waals surface area contributed by atoms with Crippen LogP contribution in [0.5, 0.6) is 5.75 Å². The highest BCUT2D eigenvalue weighted by Gasteiger charge is 2.05. The third-order valence-electron chi connectivity index (χ3n) is 2.74. The molecule has 0 saturated heterocycles. The summed E-state index contributed by atoms with van der Waals surface area (Å²) < 4.78 is 0. The molecular weight excluding hydrogens is 228 g/mol. The van der Waals surface area contributed by atoms with E-state index in [1.807, 2.05) is 6.07 Å². The van der Waals surface area contributed by atoms with E-state index >= 15 is 0 Å². The Morgan fingerprint density at radius 1 is 0.944 bits per heavy atom.